The number of benzene rings is 1. The van der Waals surface area contributed by atoms with Crippen LogP contribution >= 0.6 is 24.0 Å². The lowest BCUT2D eigenvalue weighted by atomic mass is 9.98. The van der Waals surface area contributed by atoms with Gasteiger partial charge >= 0.3 is 0 Å². The predicted molar refractivity (Wildman–Crippen MR) is 130 cm³/mol. The topological polar surface area (TPSA) is 63.0 Å². The van der Waals surface area contributed by atoms with Gasteiger partial charge in [-0.2, -0.15) is 0 Å². The number of hydrogen-bond donors (Lipinski definition) is 2. The molecule has 0 spiro atoms. The summed E-state index contributed by atoms with van der Waals surface area (Å²) in [5, 5.41) is 6.73. The average molecular weight is 507 g/mol. The molecule has 7 heteroatoms. The predicted octanol–water partition coefficient (Wildman–Crippen LogP) is 4.13. The highest BCUT2D eigenvalue weighted by Crippen LogP contribution is 2.21. The molecule has 0 aliphatic heterocycles. The highest BCUT2D eigenvalue weighted by Gasteiger charge is 2.07. The van der Waals surface area contributed by atoms with Crippen molar-refractivity contribution >= 4 is 35.6 Å². The van der Waals surface area contributed by atoms with Crippen LogP contribution in [0.15, 0.2) is 53.7 Å². The molecule has 2 heterocycles. The lowest BCUT2D eigenvalue weighted by Gasteiger charge is -2.15. The van der Waals surface area contributed by atoms with Crippen molar-refractivity contribution in [1.82, 2.24) is 20.0 Å². The van der Waals surface area contributed by atoms with Crippen molar-refractivity contribution in [2.75, 3.05) is 20.7 Å². The summed E-state index contributed by atoms with van der Waals surface area (Å²) in [5.74, 6) is 2.13. The van der Waals surface area contributed by atoms with Crippen molar-refractivity contribution in [3.8, 4) is 5.75 Å². The van der Waals surface area contributed by atoms with Crippen LogP contribution in [0.2, 0.25) is 0 Å². The van der Waals surface area contributed by atoms with Gasteiger partial charge in [0.25, 0.3) is 0 Å². The maximum atomic E-state index is 5.22. The maximum absolute atomic E-state index is 5.22. The lowest BCUT2D eigenvalue weighted by Crippen LogP contribution is -2.37. The fourth-order valence-electron chi connectivity index (χ4n) is 3.19. The molecule has 0 aliphatic carbocycles. The molecule has 0 fully saturated rings. The summed E-state index contributed by atoms with van der Waals surface area (Å²) in [7, 11) is 3.48. The second-order valence-electron chi connectivity index (χ2n) is 6.94. The minimum atomic E-state index is 0. The molecule has 0 aliphatic rings. The van der Waals surface area contributed by atoms with Gasteiger partial charge in [0.15, 0.2) is 5.96 Å². The Morgan fingerprint density at radius 3 is 2.59 bits per heavy atom. The minimum absolute atomic E-state index is 0. The summed E-state index contributed by atoms with van der Waals surface area (Å²) < 4.78 is 7.32. The Morgan fingerprint density at radius 1 is 1.17 bits per heavy atom. The van der Waals surface area contributed by atoms with E-state index in [2.05, 4.69) is 63.3 Å². The lowest BCUT2D eigenvalue weighted by molar-refractivity contribution is 0.414. The number of aryl methyl sites for hydroxylation is 1. The Hall–Kier alpha value is -2.29. The van der Waals surface area contributed by atoms with Gasteiger partial charge in [0.2, 0.25) is 0 Å². The number of rotatable bonds is 7. The van der Waals surface area contributed by atoms with Gasteiger partial charge in [-0.05, 0) is 49.1 Å². The Labute approximate surface area is 189 Å². The Morgan fingerprint density at radius 2 is 1.93 bits per heavy atom. The Kier molecular flexibility index (Phi) is 8.75. The van der Waals surface area contributed by atoms with Gasteiger partial charge in [-0.15, -0.1) is 24.0 Å². The van der Waals surface area contributed by atoms with Crippen LogP contribution in [0, 0.1) is 6.92 Å². The van der Waals surface area contributed by atoms with E-state index in [0.29, 0.717) is 12.5 Å². The Balaban J connectivity index is 0.00000300. The molecule has 0 bridgehead atoms. The number of halogens is 1. The number of hydrogen-bond acceptors (Lipinski definition) is 3. The van der Waals surface area contributed by atoms with E-state index < -0.39 is 0 Å². The molecule has 156 valence electrons. The van der Waals surface area contributed by atoms with Crippen LogP contribution in [0.5, 0.6) is 5.75 Å². The first-order valence-electron chi connectivity index (χ1n) is 9.62. The van der Waals surface area contributed by atoms with E-state index in [4.69, 9.17) is 4.74 Å². The van der Waals surface area contributed by atoms with E-state index in [1.807, 2.05) is 24.3 Å². The molecule has 3 aromatic rings. The van der Waals surface area contributed by atoms with Crippen LogP contribution < -0.4 is 15.4 Å². The van der Waals surface area contributed by atoms with Gasteiger partial charge < -0.3 is 19.8 Å². The van der Waals surface area contributed by atoms with Gasteiger partial charge in [-0.25, -0.2) is 4.98 Å². The molecule has 2 aromatic heterocycles. The van der Waals surface area contributed by atoms with Gasteiger partial charge in [-0.1, -0.05) is 25.1 Å². The third-order valence-electron chi connectivity index (χ3n) is 4.96. The molecule has 6 nitrogen and oxygen atoms in total. The summed E-state index contributed by atoms with van der Waals surface area (Å²) >= 11 is 0. The van der Waals surface area contributed by atoms with Gasteiger partial charge in [0.1, 0.15) is 11.4 Å². The zero-order valence-corrected chi connectivity index (χ0v) is 19.8. The second kappa shape index (κ2) is 11.0. The van der Waals surface area contributed by atoms with Gasteiger partial charge in [0.05, 0.1) is 19.3 Å². The van der Waals surface area contributed by atoms with Crippen molar-refractivity contribution in [2.24, 2.45) is 4.99 Å². The molecule has 29 heavy (non-hydrogen) atoms. The number of nitrogens with zero attached hydrogens (tertiary/aromatic N) is 3. The van der Waals surface area contributed by atoms with Crippen molar-refractivity contribution in [3.63, 3.8) is 0 Å². The molecule has 1 aromatic carbocycles. The zero-order valence-electron chi connectivity index (χ0n) is 17.5. The largest absolute Gasteiger partial charge is 0.497 e. The van der Waals surface area contributed by atoms with E-state index in [0.717, 1.165) is 36.0 Å². The number of aromatic nitrogens is 2. The van der Waals surface area contributed by atoms with Crippen LogP contribution in [0.1, 0.15) is 36.2 Å². The van der Waals surface area contributed by atoms with Gasteiger partial charge in [-0.3, -0.25) is 4.99 Å². The van der Waals surface area contributed by atoms with E-state index in [1.54, 1.807) is 14.2 Å². The van der Waals surface area contributed by atoms with E-state index in [-0.39, 0.29) is 24.0 Å². The molecule has 0 radical (unpaired) electrons. The molecule has 3 rings (SSSR count). The maximum Gasteiger partial charge on any atom is 0.191 e. The second-order valence-corrected chi connectivity index (χ2v) is 6.94. The fourth-order valence-corrected chi connectivity index (χ4v) is 3.19. The summed E-state index contributed by atoms with van der Waals surface area (Å²) in [6.45, 7) is 5.79. The Bertz CT molecular complexity index is 936. The summed E-state index contributed by atoms with van der Waals surface area (Å²) in [6, 6.07) is 14.4. The molecular weight excluding hydrogens is 477 g/mol. The fraction of sp³-hybridized carbons (Fsp3) is 0.364. The number of guanidine groups is 1. The first-order chi connectivity index (χ1) is 13.6. The van der Waals surface area contributed by atoms with E-state index in [9.17, 15) is 0 Å². The number of methoxy groups -OCH3 is 1. The summed E-state index contributed by atoms with van der Waals surface area (Å²) in [5.41, 5.74) is 4.44. The number of imidazole rings is 1. The summed E-state index contributed by atoms with van der Waals surface area (Å²) in [6.07, 6.45) is 3.08. The number of ether oxygens (including phenoxy) is 1. The molecule has 0 saturated heterocycles. The smallest absolute Gasteiger partial charge is 0.191 e. The number of pyridine rings is 1. The van der Waals surface area contributed by atoms with Crippen LogP contribution in [-0.4, -0.2) is 36.0 Å². The molecule has 2 N–H and O–H groups in total. The molecule has 1 unspecified atom stereocenters. The van der Waals surface area contributed by atoms with Crippen molar-refractivity contribution < 1.29 is 4.74 Å². The SMILES string of the molecule is CN=C(NCCC(C)c1ccc(OC)cc1)NCc1cn2c(C)cccc2n1.I. The highest BCUT2D eigenvalue weighted by molar-refractivity contribution is 14.0. The minimum Gasteiger partial charge on any atom is -0.497 e. The molecule has 0 amide bonds. The van der Waals surface area contributed by atoms with Crippen LogP contribution in [-0.2, 0) is 6.54 Å². The number of aliphatic imine (C=N–C) groups is 1. The standard InChI is InChI=1S/C22H29N5O.HI/c1-16(18-8-10-20(28-4)11-9-18)12-13-24-22(23-3)25-14-19-15-27-17(2)6-5-7-21(27)26-19;/h5-11,15-16H,12-14H2,1-4H3,(H2,23,24,25);1H. The third-order valence-corrected chi connectivity index (χ3v) is 4.96. The monoisotopic (exact) mass is 507 g/mol. The summed E-state index contributed by atoms with van der Waals surface area (Å²) in [4.78, 5) is 8.96. The first kappa shape index (κ1) is 23.0. The van der Waals surface area contributed by atoms with Crippen molar-refractivity contribution in [3.05, 3.63) is 65.6 Å². The van der Waals surface area contributed by atoms with Gasteiger partial charge in [0, 0.05) is 25.5 Å². The average Bonchev–Trinajstić information content (AvgIpc) is 3.15. The molecule has 1 atom stereocenters. The quantitative estimate of drug-likeness (QED) is 0.287. The van der Waals surface area contributed by atoms with Crippen molar-refractivity contribution in [2.45, 2.75) is 32.7 Å². The number of nitrogens with one attached hydrogen (secondary N) is 2. The zero-order chi connectivity index (χ0) is 19.9. The molecular formula is C22H30IN5O. The molecule has 0 saturated carbocycles. The van der Waals surface area contributed by atoms with Crippen LogP contribution in [0.3, 0.4) is 0 Å². The van der Waals surface area contributed by atoms with Crippen LogP contribution in [0.4, 0.5) is 0 Å². The highest BCUT2D eigenvalue weighted by atomic mass is 127. The number of fused-ring (bicyclic) bond motifs is 1. The van der Waals surface area contributed by atoms with E-state index in [1.165, 1.54) is 11.3 Å². The van der Waals surface area contributed by atoms with Crippen LogP contribution in [0.25, 0.3) is 5.65 Å². The van der Waals surface area contributed by atoms with E-state index >= 15 is 0 Å². The third kappa shape index (κ3) is 6.09. The van der Waals surface area contributed by atoms with Crippen molar-refractivity contribution in [1.29, 1.82) is 0 Å². The normalized spacial score (nSPS) is 12.3. The first-order valence-corrected chi connectivity index (χ1v) is 9.62.